The minimum Gasteiger partial charge on any atom is -0.277 e. The molecule has 4 amide bonds. The molecule has 0 spiro atoms. The topological polar surface area (TPSA) is 86.7 Å². The fourth-order valence-corrected chi connectivity index (χ4v) is 2.41. The largest absolute Gasteiger partial charge is 0.355 e. The van der Waals surface area contributed by atoms with Gasteiger partial charge in [0.25, 0.3) is 5.91 Å². The van der Waals surface area contributed by atoms with Crippen LogP contribution in [0.15, 0.2) is 0 Å². The Hall–Kier alpha value is -1.43. The van der Waals surface area contributed by atoms with Gasteiger partial charge < -0.3 is 0 Å². The third-order valence-corrected chi connectivity index (χ3v) is 3.51. The van der Waals surface area contributed by atoms with Gasteiger partial charge in [0.15, 0.2) is 0 Å². The molecule has 0 saturated carbocycles. The lowest BCUT2D eigenvalue weighted by molar-refractivity contribution is -0.177. The maximum Gasteiger partial charge on any atom is 0.355 e. The van der Waals surface area contributed by atoms with Crippen molar-refractivity contribution in [3.8, 4) is 0 Å². The number of carbonyl (C=O) groups is 3. The average molecular weight is 242 g/mol. The molecule has 1 heterocycles. The predicted molar refractivity (Wildman–Crippen MR) is 59.0 cm³/mol. The molecule has 2 N–H and O–H groups in total. The molecule has 0 aliphatic carbocycles. The van der Waals surface area contributed by atoms with Crippen molar-refractivity contribution in [2.75, 3.05) is 0 Å². The molecule has 0 radical (unpaired) electrons. The summed E-state index contributed by atoms with van der Waals surface area (Å²) in [5.74, 6) is -1.66. The Balaban J connectivity index is 3.15. The van der Waals surface area contributed by atoms with Crippen LogP contribution in [0.5, 0.6) is 0 Å². The zero-order chi connectivity index (χ0) is 13.2. The van der Waals surface area contributed by atoms with E-state index in [0.29, 0.717) is 6.42 Å². The second-order valence-electron chi connectivity index (χ2n) is 4.39. The molecule has 1 aliphatic rings. The van der Waals surface area contributed by atoms with Crippen molar-refractivity contribution >= 4 is 17.8 Å². The van der Waals surface area contributed by atoms with Crippen LogP contribution in [0.3, 0.4) is 0 Å². The number of barbiturate groups is 1. The third-order valence-electron chi connectivity index (χ3n) is 3.51. The van der Waals surface area contributed by atoms with Crippen molar-refractivity contribution in [1.29, 1.82) is 0 Å². The molecule has 0 aromatic carbocycles. The molecule has 6 nitrogen and oxygen atoms in total. The van der Waals surface area contributed by atoms with Crippen LogP contribution in [-0.4, -0.2) is 28.1 Å². The van der Waals surface area contributed by atoms with Gasteiger partial charge in [0, 0.05) is 0 Å². The smallest absolute Gasteiger partial charge is 0.277 e. The number of hydrogen-bond acceptors (Lipinski definition) is 4. The van der Waals surface area contributed by atoms with E-state index >= 15 is 0 Å². The van der Waals surface area contributed by atoms with Crippen molar-refractivity contribution in [2.24, 2.45) is 11.3 Å². The number of rotatable bonds is 4. The van der Waals surface area contributed by atoms with Crippen LogP contribution in [0, 0.1) is 11.3 Å². The first-order chi connectivity index (χ1) is 7.91. The third kappa shape index (κ3) is 1.93. The Morgan fingerprint density at radius 2 is 1.94 bits per heavy atom. The second-order valence-corrected chi connectivity index (χ2v) is 4.39. The Morgan fingerprint density at radius 3 is 2.41 bits per heavy atom. The molecule has 2 unspecified atom stereocenters. The molecule has 6 heteroatoms. The number of imide groups is 2. The summed E-state index contributed by atoms with van der Waals surface area (Å²) in [5.41, 5.74) is -1.33. The predicted octanol–water partition coefficient (Wildman–Crippen LogP) is 1.29. The Labute approximate surface area is 99.9 Å². The highest BCUT2D eigenvalue weighted by Gasteiger charge is 2.55. The minimum atomic E-state index is -1.33. The van der Waals surface area contributed by atoms with Gasteiger partial charge in [-0.3, -0.25) is 20.1 Å². The van der Waals surface area contributed by atoms with E-state index in [-0.39, 0.29) is 17.4 Å². The van der Waals surface area contributed by atoms with Crippen LogP contribution < -0.4 is 5.32 Å². The first-order valence-electron chi connectivity index (χ1n) is 5.80. The van der Waals surface area contributed by atoms with Crippen LogP contribution in [-0.2, 0) is 9.59 Å². The van der Waals surface area contributed by atoms with Gasteiger partial charge in [0.05, 0.1) is 0 Å². The first-order valence-corrected chi connectivity index (χ1v) is 5.80. The van der Waals surface area contributed by atoms with Gasteiger partial charge in [-0.25, -0.2) is 4.79 Å². The SMILES string of the molecule is CCCC(C)C1(CC)C(=O)NC(=O)N(O)C1=O. The van der Waals surface area contributed by atoms with E-state index in [9.17, 15) is 19.6 Å². The number of carbonyl (C=O) groups excluding carboxylic acids is 3. The van der Waals surface area contributed by atoms with Crippen LogP contribution in [0.1, 0.15) is 40.0 Å². The van der Waals surface area contributed by atoms with E-state index in [1.807, 2.05) is 12.2 Å². The lowest BCUT2D eigenvalue weighted by Crippen LogP contribution is -2.64. The highest BCUT2D eigenvalue weighted by molar-refractivity contribution is 6.18. The molecule has 1 saturated heterocycles. The van der Waals surface area contributed by atoms with Gasteiger partial charge in [0.2, 0.25) is 5.91 Å². The molecule has 17 heavy (non-hydrogen) atoms. The van der Waals surface area contributed by atoms with E-state index in [1.54, 1.807) is 13.8 Å². The standard InChI is InChI=1S/C11H18N2O4/c1-4-6-7(3)11(5-2)8(14)12-10(16)13(17)9(11)15/h7,17H,4-6H2,1-3H3,(H,12,14,16). The van der Waals surface area contributed by atoms with Crippen LogP contribution in [0.4, 0.5) is 4.79 Å². The zero-order valence-corrected chi connectivity index (χ0v) is 10.3. The lowest BCUT2D eigenvalue weighted by Gasteiger charge is -2.39. The summed E-state index contributed by atoms with van der Waals surface area (Å²) >= 11 is 0. The van der Waals surface area contributed by atoms with Crippen LogP contribution in [0.25, 0.3) is 0 Å². The summed E-state index contributed by atoms with van der Waals surface area (Å²) in [6.07, 6.45) is 1.75. The van der Waals surface area contributed by atoms with Crippen molar-refractivity contribution in [3.05, 3.63) is 0 Å². The van der Waals surface area contributed by atoms with Crippen molar-refractivity contribution in [1.82, 2.24) is 10.4 Å². The number of hydroxylamine groups is 2. The Morgan fingerprint density at radius 1 is 1.35 bits per heavy atom. The number of urea groups is 1. The summed E-state index contributed by atoms with van der Waals surface area (Å²) in [5, 5.41) is 11.4. The van der Waals surface area contributed by atoms with Crippen LogP contribution in [0.2, 0.25) is 0 Å². The fraction of sp³-hybridized carbons (Fsp3) is 0.727. The summed E-state index contributed by atoms with van der Waals surface area (Å²) in [6.45, 7) is 5.44. The van der Waals surface area contributed by atoms with Crippen molar-refractivity contribution < 1.29 is 19.6 Å². The quantitative estimate of drug-likeness (QED) is 0.574. The molecule has 0 bridgehead atoms. The normalized spacial score (nSPS) is 27.1. The van der Waals surface area contributed by atoms with E-state index < -0.39 is 23.3 Å². The lowest BCUT2D eigenvalue weighted by atomic mass is 9.70. The molecule has 1 fully saturated rings. The van der Waals surface area contributed by atoms with Gasteiger partial charge >= 0.3 is 6.03 Å². The molecular formula is C11H18N2O4. The van der Waals surface area contributed by atoms with E-state index in [1.165, 1.54) is 0 Å². The maximum atomic E-state index is 12.0. The summed E-state index contributed by atoms with van der Waals surface area (Å²) in [7, 11) is 0. The van der Waals surface area contributed by atoms with E-state index in [4.69, 9.17) is 0 Å². The summed E-state index contributed by atoms with van der Waals surface area (Å²) in [4.78, 5) is 35.1. The van der Waals surface area contributed by atoms with Crippen molar-refractivity contribution in [3.63, 3.8) is 0 Å². The fourth-order valence-electron chi connectivity index (χ4n) is 2.41. The van der Waals surface area contributed by atoms with Gasteiger partial charge in [-0.1, -0.05) is 27.2 Å². The van der Waals surface area contributed by atoms with E-state index in [0.717, 1.165) is 6.42 Å². The molecule has 96 valence electrons. The second kappa shape index (κ2) is 4.83. The van der Waals surface area contributed by atoms with Gasteiger partial charge in [-0.15, -0.1) is 5.06 Å². The Bertz CT molecular complexity index is 355. The molecule has 0 aromatic heterocycles. The average Bonchev–Trinajstić information content (AvgIpc) is 2.28. The summed E-state index contributed by atoms with van der Waals surface area (Å²) in [6, 6.07) is -1.08. The molecule has 2 atom stereocenters. The minimum absolute atomic E-state index is 0.0110. The van der Waals surface area contributed by atoms with Gasteiger partial charge in [-0.2, -0.15) is 0 Å². The number of hydrogen-bond donors (Lipinski definition) is 2. The maximum absolute atomic E-state index is 12.0. The first kappa shape index (κ1) is 13.6. The van der Waals surface area contributed by atoms with Gasteiger partial charge in [0.1, 0.15) is 5.41 Å². The number of amides is 4. The highest BCUT2D eigenvalue weighted by Crippen LogP contribution is 2.38. The monoisotopic (exact) mass is 242 g/mol. The Kier molecular flexibility index (Phi) is 3.87. The molecule has 1 aliphatic heterocycles. The van der Waals surface area contributed by atoms with Crippen LogP contribution >= 0.6 is 0 Å². The molecule has 1 rings (SSSR count). The zero-order valence-electron chi connectivity index (χ0n) is 10.3. The van der Waals surface area contributed by atoms with Gasteiger partial charge in [-0.05, 0) is 18.8 Å². The molecular weight excluding hydrogens is 224 g/mol. The highest BCUT2D eigenvalue weighted by atomic mass is 16.5. The number of nitrogens with one attached hydrogen (secondary N) is 1. The molecule has 0 aromatic rings. The summed E-state index contributed by atoms with van der Waals surface area (Å²) < 4.78 is 0. The number of nitrogens with zero attached hydrogens (tertiary/aromatic N) is 1. The van der Waals surface area contributed by atoms with E-state index in [2.05, 4.69) is 0 Å². The van der Waals surface area contributed by atoms with Crippen molar-refractivity contribution in [2.45, 2.75) is 40.0 Å².